The molecule has 1 unspecified atom stereocenters. The van der Waals surface area contributed by atoms with Gasteiger partial charge in [0.15, 0.2) is 23.3 Å². The molecule has 1 aromatic heterocycles. The number of anilines is 1. The standard InChI is InChI=1S/C20H17ClF3N5O3S/c1-9(19(31)25-8-15(30)26-13-5-4-12(22)16(23)17(13)24)33-20-27-18(28-29-20)11-7-10(21)3-6-14(11)32-2/h3-7,9H,8H2,1-2H3,(H,25,31)(H,26,30)(H,27,28,29). The van der Waals surface area contributed by atoms with E-state index < -0.39 is 46.7 Å². The van der Waals surface area contributed by atoms with Crippen LogP contribution in [0, 0.1) is 17.5 Å². The highest BCUT2D eigenvalue weighted by atomic mass is 35.5. The fourth-order valence-corrected chi connectivity index (χ4v) is 3.55. The number of hydrogen-bond donors (Lipinski definition) is 3. The number of methoxy groups -OCH3 is 1. The van der Waals surface area contributed by atoms with Crippen molar-refractivity contribution in [2.45, 2.75) is 17.3 Å². The van der Waals surface area contributed by atoms with E-state index in [9.17, 15) is 22.8 Å². The fraction of sp³-hybridized carbons (Fsp3) is 0.200. The second-order valence-corrected chi connectivity index (χ2v) is 8.30. The number of amides is 2. The van der Waals surface area contributed by atoms with Crippen molar-refractivity contribution in [2.24, 2.45) is 0 Å². The highest BCUT2D eigenvalue weighted by molar-refractivity contribution is 8.00. The summed E-state index contributed by atoms with van der Waals surface area (Å²) in [5, 5.41) is 11.3. The second-order valence-electron chi connectivity index (χ2n) is 6.56. The van der Waals surface area contributed by atoms with Gasteiger partial charge in [-0.2, -0.15) is 0 Å². The first kappa shape index (κ1) is 24.4. The first-order chi connectivity index (χ1) is 15.7. The van der Waals surface area contributed by atoms with Gasteiger partial charge < -0.3 is 15.4 Å². The first-order valence-electron chi connectivity index (χ1n) is 9.33. The first-order valence-corrected chi connectivity index (χ1v) is 10.6. The van der Waals surface area contributed by atoms with Crippen LogP contribution in [-0.4, -0.2) is 45.9 Å². The number of halogens is 4. The minimum Gasteiger partial charge on any atom is -0.496 e. The lowest BCUT2D eigenvalue weighted by atomic mass is 10.2. The van der Waals surface area contributed by atoms with Crippen LogP contribution in [0.3, 0.4) is 0 Å². The normalized spacial score (nSPS) is 11.7. The minimum absolute atomic E-state index is 0.267. The topological polar surface area (TPSA) is 109 Å². The van der Waals surface area contributed by atoms with Crippen LogP contribution in [0.5, 0.6) is 5.75 Å². The highest BCUT2D eigenvalue weighted by Gasteiger charge is 2.20. The molecule has 0 bridgehead atoms. The Kier molecular flexibility index (Phi) is 7.82. The summed E-state index contributed by atoms with van der Waals surface area (Å²) in [4.78, 5) is 28.5. The molecule has 0 aliphatic rings. The van der Waals surface area contributed by atoms with Gasteiger partial charge in [0.2, 0.25) is 17.0 Å². The van der Waals surface area contributed by atoms with Crippen molar-refractivity contribution in [1.82, 2.24) is 20.5 Å². The quantitative estimate of drug-likeness (QED) is 0.321. The number of carbonyl (C=O) groups is 2. The van der Waals surface area contributed by atoms with Gasteiger partial charge in [-0.25, -0.2) is 18.2 Å². The summed E-state index contributed by atoms with van der Waals surface area (Å²) < 4.78 is 45.1. The predicted octanol–water partition coefficient (Wildman–Crippen LogP) is 3.79. The molecule has 2 amide bonds. The second kappa shape index (κ2) is 10.6. The maximum Gasteiger partial charge on any atom is 0.243 e. The van der Waals surface area contributed by atoms with Gasteiger partial charge in [0.25, 0.3) is 0 Å². The van der Waals surface area contributed by atoms with Crippen LogP contribution in [-0.2, 0) is 9.59 Å². The molecule has 0 radical (unpaired) electrons. The van der Waals surface area contributed by atoms with E-state index in [1.807, 2.05) is 0 Å². The molecule has 0 saturated heterocycles. The van der Waals surface area contributed by atoms with Gasteiger partial charge in [-0.3, -0.25) is 14.7 Å². The van der Waals surface area contributed by atoms with Crippen molar-refractivity contribution in [3.8, 4) is 17.1 Å². The lowest BCUT2D eigenvalue weighted by Crippen LogP contribution is -2.37. The molecule has 1 atom stereocenters. The zero-order valence-electron chi connectivity index (χ0n) is 17.2. The van der Waals surface area contributed by atoms with Crippen molar-refractivity contribution in [3.05, 3.63) is 52.8 Å². The number of benzene rings is 2. The van der Waals surface area contributed by atoms with E-state index in [1.165, 1.54) is 7.11 Å². The molecule has 3 rings (SSSR count). The van der Waals surface area contributed by atoms with Crippen molar-refractivity contribution in [3.63, 3.8) is 0 Å². The van der Waals surface area contributed by atoms with E-state index in [4.69, 9.17) is 16.3 Å². The molecule has 0 saturated carbocycles. The van der Waals surface area contributed by atoms with E-state index in [-0.39, 0.29) is 5.16 Å². The Morgan fingerprint density at radius 2 is 1.97 bits per heavy atom. The lowest BCUT2D eigenvalue weighted by molar-refractivity contribution is -0.123. The molecular formula is C20H17ClF3N5O3S. The van der Waals surface area contributed by atoms with E-state index in [1.54, 1.807) is 25.1 Å². The predicted molar refractivity (Wildman–Crippen MR) is 117 cm³/mol. The molecule has 2 aromatic carbocycles. The number of aromatic nitrogens is 3. The van der Waals surface area contributed by atoms with Crippen LogP contribution in [0.1, 0.15) is 6.92 Å². The number of nitrogens with zero attached hydrogens (tertiary/aromatic N) is 2. The molecule has 33 heavy (non-hydrogen) atoms. The lowest BCUT2D eigenvalue weighted by Gasteiger charge is -2.11. The van der Waals surface area contributed by atoms with E-state index in [2.05, 4.69) is 25.8 Å². The Bertz CT molecular complexity index is 1190. The van der Waals surface area contributed by atoms with Gasteiger partial charge in [0.05, 0.1) is 30.2 Å². The fourth-order valence-electron chi connectivity index (χ4n) is 2.62. The number of ether oxygens (including phenoxy) is 1. The third kappa shape index (κ3) is 5.96. The summed E-state index contributed by atoms with van der Waals surface area (Å²) in [5.74, 6) is -5.04. The van der Waals surface area contributed by atoms with Crippen LogP contribution in [0.4, 0.5) is 18.9 Å². The molecule has 3 N–H and O–H groups in total. The Morgan fingerprint density at radius 1 is 1.21 bits per heavy atom. The largest absolute Gasteiger partial charge is 0.496 e. The maximum absolute atomic E-state index is 13.6. The smallest absolute Gasteiger partial charge is 0.243 e. The van der Waals surface area contributed by atoms with Gasteiger partial charge in [0.1, 0.15) is 5.75 Å². The molecule has 13 heteroatoms. The molecule has 0 aliphatic carbocycles. The molecule has 0 aliphatic heterocycles. The Balaban J connectivity index is 1.56. The molecule has 3 aromatic rings. The summed E-state index contributed by atoms with van der Waals surface area (Å²) in [6.45, 7) is 1.06. The van der Waals surface area contributed by atoms with E-state index in [0.717, 1.165) is 17.8 Å². The monoisotopic (exact) mass is 499 g/mol. The van der Waals surface area contributed by atoms with E-state index >= 15 is 0 Å². The van der Waals surface area contributed by atoms with Gasteiger partial charge in [-0.15, -0.1) is 5.10 Å². The van der Waals surface area contributed by atoms with Crippen LogP contribution < -0.4 is 15.4 Å². The minimum atomic E-state index is -1.71. The molecule has 174 valence electrons. The third-order valence-electron chi connectivity index (χ3n) is 4.27. The molecule has 1 heterocycles. The average molecular weight is 500 g/mol. The van der Waals surface area contributed by atoms with Crippen molar-refractivity contribution in [2.75, 3.05) is 19.0 Å². The average Bonchev–Trinajstić information content (AvgIpc) is 3.26. The SMILES string of the molecule is COc1ccc(Cl)cc1-c1nc(SC(C)C(=O)NCC(=O)Nc2ccc(F)c(F)c2F)n[nH]1. The number of carbonyl (C=O) groups excluding carboxylic acids is 2. The molecule has 0 fully saturated rings. The van der Waals surface area contributed by atoms with Crippen molar-refractivity contribution >= 4 is 40.9 Å². The van der Waals surface area contributed by atoms with Crippen LogP contribution >= 0.6 is 23.4 Å². The summed E-state index contributed by atoms with van der Waals surface area (Å²) >= 11 is 7.05. The maximum atomic E-state index is 13.6. The zero-order chi connectivity index (χ0) is 24.1. The molecule has 8 nitrogen and oxygen atoms in total. The number of nitrogens with one attached hydrogen (secondary N) is 3. The number of thioether (sulfide) groups is 1. The van der Waals surface area contributed by atoms with E-state index in [0.29, 0.717) is 28.2 Å². The third-order valence-corrected chi connectivity index (χ3v) is 5.46. The summed E-state index contributed by atoms with van der Waals surface area (Å²) in [7, 11) is 1.50. The Labute approximate surface area is 195 Å². The summed E-state index contributed by atoms with van der Waals surface area (Å²) in [5.41, 5.74) is 0.0443. The highest BCUT2D eigenvalue weighted by Crippen LogP contribution is 2.31. The van der Waals surface area contributed by atoms with Crippen LogP contribution in [0.2, 0.25) is 5.02 Å². The van der Waals surface area contributed by atoms with Gasteiger partial charge in [-0.1, -0.05) is 23.4 Å². The van der Waals surface area contributed by atoms with Crippen LogP contribution in [0.15, 0.2) is 35.5 Å². The van der Waals surface area contributed by atoms with Gasteiger partial charge in [-0.05, 0) is 37.3 Å². The van der Waals surface area contributed by atoms with Crippen molar-refractivity contribution in [1.29, 1.82) is 0 Å². The number of aromatic amines is 1. The Morgan fingerprint density at radius 3 is 2.70 bits per heavy atom. The number of rotatable bonds is 8. The Hall–Kier alpha value is -3.25. The zero-order valence-corrected chi connectivity index (χ0v) is 18.8. The van der Waals surface area contributed by atoms with Crippen molar-refractivity contribution < 1.29 is 27.5 Å². The summed E-state index contributed by atoms with van der Waals surface area (Å²) in [6, 6.07) is 6.55. The molecular weight excluding hydrogens is 483 g/mol. The van der Waals surface area contributed by atoms with Gasteiger partial charge in [0, 0.05) is 5.02 Å². The molecule has 0 spiro atoms. The number of H-pyrrole nitrogens is 1. The van der Waals surface area contributed by atoms with Gasteiger partial charge >= 0.3 is 0 Å². The summed E-state index contributed by atoms with van der Waals surface area (Å²) in [6.07, 6.45) is 0. The van der Waals surface area contributed by atoms with Crippen LogP contribution in [0.25, 0.3) is 11.4 Å². The number of hydrogen-bond acceptors (Lipinski definition) is 6.